The Labute approximate surface area is 98.3 Å². The number of hydrogen-bond donors (Lipinski definition) is 1. The Balaban J connectivity index is 2.38. The average molecular weight is 228 g/mol. The number of carbonyl (C=O) groups excluding carboxylic acids is 1. The monoisotopic (exact) mass is 228 g/mol. The molecular formula is C12H24N2O2. The van der Waals surface area contributed by atoms with Crippen molar-refractivity contribution >= 4 is 5.91 Å². The van der Waals surface area contributed by atoms with Crippen LogP contribution in [0.2, 0.25) is 0 Å². The van der Waals surface area contributed by atoms with E-state index >= 15 is 0 Å². The first-order chi connectivity index (χ1) is 7.77. The van der Waals surface area contributed by atoms with Crippen LogP contribution in [0.5, 0.6) is 0 Å². The normalized spacial score (nSPS) is 20.0. The molecule has 16 heavy (non-hydrogen) atoms. The van der Waals surface area contributed by atoms with Gasteiger partial charge in [0.1, 0.15) is 6.61 Å². The second-order valence-electron chi connectivity index (χ2n) is 4.42. The molecule has 1 aliphatic rings. The highest BCUT2D eigenvalue weighted by atomic mass is 16.5. The van der Waals surface area contributed by atoms with Gasteiger partial charge in [-0.25, -0.2) is 0 Å². The van der Waals surface area contributed by atoms with E-state index in [1.165, 1.54) is 12.8 Å². The molecule has 0 saturated carbocycles. The summed E-state index contributed by atoms with van der Waals surface area (Å²) in [6.07, 6.45) is 4.60. The molecule has 94 valence electrons. The second kappa shape index (κ2) is 7.63. The van der Waals surface area contributed by atoms with Gasteiger partial charge in [0.25, 0.3) is 0 Å². The quantitative estimate of drug-likeness (QED) is 0.707. The van der Waals surface area contributed by atoms with Crippen molar-refractivity contribution in [1.82, 2.24) is 10.2 Å². The van der Waals surface area contributed by atoms with Crippen LogP contribution in [0.4, 0.5) is 0 Å². The van der Waals surface area contributed by atoms with Crippen LogP contribution in [0.3, 0.4) is 0 Å². The van der Waals surface area contributed by atoms with Gasteiger partial charge in [0.05, 0.1) is 0 Å². The van der Waals surface area contributed by atoms with Crippen molar-refractivity contribution in [2.24, 2.45) is 0 Å². The lowest BCUT2D eigenvalue weighted by Crippen LogP contribution is -2.43. The standard InChI is InChI=1S/C12H24N2O2/c1-3-4-8-14(12(15)10-16-2)9-11-6-5-7-13-11/h11,13H,3-10H2,1-2H3. The molecule has 1 amide bonds. The molecule has 1 aliphatic heterocycles. The van der Waals surface area contributed by atoms with Crippen molar-refractivity contribution in [2.45, 2.75) is 38.6 Å². The third-order valence-electron chi connectivity index (χ3n) is 3.01. The molecule has 1 rings (SSSR count). The summed E-state index contributed by atoms with van der Waals surface area (Å²) < 4.78 is 4.92. The first-order valence-corrected chi connectivity index (χ1v) is 6.28. The maximum absolute atomic E-state index is 11.8. The maximum atomic E-state index is 11.8. The van der Waals surface area contributed by atoms with Crippen molar-refractivity contribution in [3.63, 3.8) is 0 Å². The van der Waals surface area contributed by atoms with Gasteiger partial charge in [-0.2, -0.15) is 0 Å². The van der Waals surface area contributed by atoms with Crippen LogP contribution >= 0.6 is 0 Å². The van der Waals surface area contributed by atoms with Crippen LogP contribution < -0.4 is 5.32 Å². The van der Waals surface area contributed by atoms with Gasteiger partial charge < -0.3 is 15.0 Å². The molecule has 4 heteroatoms. The number of amides is 1. The summed E-state index contributed by atoms with van der Waals surface area (Å²) in [4.78, 5) is 13.8. The van der Waals surface area contributed by atoms with Gasteiger partial charge in [0, 0.05) is 26.2 Å². The Bertz CT molecular complexity index is 203. The molecule has 1 fully saturated rings. The Morgan fingerprint density at radius 3 is 2.94 bits per heavy atom. The Kier molecular flexibility index (Phi) is 6.42. The van der Waals surface area contributed by atoms with Crippen LogP contribution in [-0.4, -0.2) is 50.2 Å². The zero-order chi connectivity index (χ0) is 11.8. The summed E-state index contributed by atoms with van der Waals surface area (Å²) in [5, 5.41) is 3.43. The van der Waals surface area contributed by atoms with Gasteiger partial charge in [-0.05, 0) is 25.8 Å². The molecule has 4 nitrogen and oxygen atoms in total. The van der Waals surface area contributed by atoms with Crippen molar-refractivity contribution in [3.05, 3.63) is 0 Å². The first-order valence-electron chi connectivity index (χ1n) is 6.28. The van der Waals surface area contributed by atoms with E-state index < -0.39 is 0 Å². The molecule has 1 unspecified atom stereocenters. The fourth-order valence-electron chi connectivity index (χ4n) is 2.06. The fraction of sp³-hybridized carbons (Fsp3) is 0.917. The van der Waals surface area contributed by atoms with Gasteiger partial charge in [-0.15, -0.1) is 0 Å². The molecule has 0 radical (unpaired) electrons. The minimum atomic E-state index is 0.115. The molecule has 0 aliphatic carbocycles. The Morgan fingerprint density at radius 1 is 1.56 bits per heavy atom. The van der Waals surface area contributed by atoms with Crippen LogP contribution in [0.15, 0.2) is 0 Å². The summed E-state index contributed by atoms with van der Waals surface area (Å²) in [5.74, 6) is 0.115. The van der Waals surface area contributed by atoms with Gasteiger partial charge in [0.15, 0.2) is 0 Å². The minimum Gasteiger partial charge on any atom is -0.375 e. The van der Waals surface area contributed by atoms with Gasteiger partial charge in [-0.1, -0.05) is 13.3 Å². The predicted octanol–water partition coefficient (Wildman–Crippen LogP) is 1.01. The summed E-state index contributed by atoms with van der Waals surface area (Å²) in [6.45, 7) is 5.13. The number of nitrogens with zero attached hydrogens (tertiary/aromatic N) is 1. The Hall–Kier alpha value is -0.610. The van der Waals surface area contributed by atoms with E-state index in [0.717, 1.165) is 32.5 Å². The van der Waals surface area contributed by atoms with Crippen molar-refractivity contribution < 1.29 is 9.53 Å². The van der Waals surface area contributed by atoms with Crippen LogP contribution in [0.1, 0.15) is 32.6 Å². The lowest BCUT2D eigenvalue weighted by molar-refractivity contribution is -0.135. The molecule has 0 aromatic carbocycles. The smallest absolute Gasteiger partial charge is 0.248 e. The van der Waals surface area contributed by atoms with Crippen molar-refractivity contribution in [2.75, 3.05) is 33.4 Å². The van der Waals surface area contributed by atoms with E-state index in [4.69, 9.17) is 4.74 Å². The topological polar surface area (TPSA) is 41.6 Å². The van der Waals surface area contributed by atoms with Crippen molar-refractivity contribution in [3.8, 4) is 0 Å². The number of rotatable bonds is 7. The summed E-state index contributed by atoms with van der Waals surface area (Å²) in [6, 6.07) is 0.484. The predicted molar refractivity (Wildman–Crippen MR) is 64.4 cm³/mol. The third-order valence-corrected chi connectivity index (χ3v) is 3.01. The molecule has 1 saturated heterocycles. The highest BCUT2D eigenvalue weighted by Crippen LogP contribution is 2.08. The zero-order valence-electron chi connectivity index (χ0n) is 10.5. The van der Waals surface area contributed by atoms with E-state index in [1.54, 1.807) is 7.11 Å². The average Bonchev–Trinajstić information content (AvgIpc) is 2.77. The lowest BCUT2D eigenvalue weighted by Gasteiger charge is -2.25. The van der Waals surface area contributed by atoms with E-state index in [-0.39, 0.29) is 12.5 Å². The lowest BCUT2D eigenvalue weighted by atomic mass is 10.2. The highest BCUT2D eigenvalue weighted by molar-refractivity contribution is 5.77. The van der Waals surface area contributed by atoms with E-state index in [1.807, 2.05) is 4.90 Å². The third kappa shape index (κ3) is 4.49. The number of unbranched alkanes of at least 4 members (excludes halogenated alkanes) is 1. The van der Waals surface area contributed by atoms with E-state index in [2.05, 4.69) is 12.2 Å². The molecule has 1 N–H and O–H groups in total. The highest BCUT2D eigenvalue weighted by Gasteiger charge is 2.20. The van der Waals surface area contributed by atoms with Crippen LogP contribution in [0, 0.1) is 0 Å². The number of hydrogen-bond acceptors (Lipinski definition) is 3. The maximum Gasteiger partial charge on any atom is 0.248 e. The van der Waals surface area contributed by atoms with E-state index in [0.29, 0.717) is 6.04 Å². The number of ether oxygens (including phenoxy) is 1. The van der Waals surface area contributed by atoms with E-state index in [9.17, 15) is 4.79 Å². The molecular weight excluding hydrogens is 204 g/mol. The SMILES string of the molecule is CCCCN(CC1CCCN1)C(=O)COC. The number of methoxy groups -OCH3 is 1. The molecule has 0 bridgehead atoms. The fourth-order valence-corrected chi connectivity index (χ4v) is 2.06. The molecule has 0 spiro atoms. The molecule has 1 atom stereocenters. The number of carbonyl (C=O) groups is 1. The van der Waals surface area contributed by atoms with Crippen LogP contribution in [0.25, 0.3) is 0 Å². The summed E-state index contributed by atoms with van der Waals surface area (Å²) >= 11 is 0. The molecule has 0 aromatic heterocycles. The van der Waals surface area contributed by atoms with Crippen LogP contribution in [-0.2, 0) is 9.53 Å². The van der Waals surface area contributed by atoms with Crippen molar-refractivity contribution in [1.29, 1.82) is 0 Å². The van der Waals surface area contributed by atoms with Gasteiger partial charge >= 0.3 is 0 Å². The largest absolute Gasteiger partial charge is 0.375 e. The zero-order valence-corrected chi connectivity index (χ0v) is 10.5. The van der Waals surface area contributed by atoms with Gasteiger partial charge in [0.2, 0.25) is 5.91 Å². The summed E-state index contributed by atoms with van der Waals surface area (Å²) in [7, 11) is 1.57. The number of nitrogens with one attached hydrogen (secondary N) is 1. The second-order valence-corrected chi connectivity index (χ2v) is 4.42. The van der Waals surface area contributed by atoms with Gasteiger partial charge in [-0.3, -0.25) is 4.79 Å². The molecule has 0 aromatic rings. The first kappa shape index (κ1) is 13.5. The summed E-state index contributed by atoms with van der Waals surface area (Å²) in [5.41, 5.74) is 0. The molecule has 1 heterocycles. The Morgan fingerprint density at radius 2 is 2.38 bits per heavy atom. The minimum absolute atomic E-state index is 0.115.